The number of benzene rings is 3. The molecule has 1 amide bonds. The highest BCUT2D eigenvalue weighted by Crippen LogP contribution is 2.30. The molecule has 0 saturated carbocycles. The van der Waals surface area contributed by atoms with Crippen LogP contribution in [0.25, 0.3) is 0 Å². The predicted molar refractivity (Wildman–Crippen MR) is 139 cm³/mol. The number of carbonyl (C=O) groups excluding carboxylic acids is 1. The Balaban J connectivity index is 1.87. The van der Waals surface area contributed by atoms with E-state index in [-0.39, 0.29) is 32.1 Å². The van der Waals surface area contributed by atoms with E-state index in [0.717, 1.165) is 9.87 Å². The second-order valence-corrected chi connectivity index (χ2v) is 11.8. The van der Waals surface area contributed by atoms with Crippen LogP contribution in [0, 0.1) is 0 Å². The summed E-state index contributed by atoms with van der Waals surface area (Å²) in [6.45, 7) is 7.83. The van der Waals surface area contributed by atoms with Gasteiger partial charge in [0.15, 0.2) is 0 Å². The van der Waals surface area contributed by atoms with E-state index >= 15 is 0 Å². The van der Waals surface area contributed by atoms with Crippen LogP contribution in [0.3, 0.4) is 0 Å². The van der Waals surface area contributed by atoms with Gasteiger partial charge in [-0.25, -0.2) is 8.42 Å². The Hall–Kier alpha value is -2.54. The molecule has 0 spiro atoms. The summed E-state index contributed by atoms with van der Waals surface area (Å²) in [5.41, 5.74) is 2.34. The largest absolute Gasteiger partial charge is 0.348 e. The van der Waals surface area contributed by atoms with Gasteiger partial charge in [0.25, 0.3) is 10.0 Å². The van der Waals surface area contributed by atoms with Crippen LogP contribution in [0.5, 0.6) is 0 Å². The van der Waals surface area contributed by atoms with Gasteiger partial charge in [-0.1, -0.05) is 86.4 Å². The van der Waals surface area contributed by atoms with Crippen LogP contribution in [0.15, 0.2) is 77.7 Å². The average Bonchev–Trinajstić information content (AvgIpc) is 2.76. The first-order valence-corrected chi connectivity index (χ1v) is 13.0. The fourth-order valence-electron chi connectivity index (χ4n) is 3.49. The van der Waals surface area contributed by atoms with Crippen LogP contribution in [-0.2, 0) is 20.2 Å². The Morgan fingerprint density at radius 3 is 2.03 bits per heavy atom. The van der Waals surface area contributed by atoms with E-state index < -0.39 is 22.5 Å². The zero-order valence-electron chi connectivity index (χ0n) is 19.5. The number of amides is 1. The lowest BCUT2D eigenvalue weighted by Gasteiger charge is -2.26. The maximum atomic E-state index is 13.4. The quantitative estimate of drug-likeness (QED) is 0.395. The molecule has 1 atom stereocenters. The van der Waals surface area contributed by atoms with Crippen molar-refractivity contribution in [1.82, 2.24) is 5.32 Å². The van der Waals surface area contributed by atoms with Gasteiger partial charge in [0.05, 0.1) is 16.6 Å². The molecule has 0 unspecified atom stereocenters. The third kappa shape index (κ3) is 6.32. The van der Waals surface area contributed by atoms with Crippen molar-refractivity contribution in [2.24, 2.45) is 0 Å². The smallest absolute Gasteiger partial charge is 0.264 e. The molecule has 180 valence electrons. The Bertz CT molecular complexity index is 1240. The lowest BCUT2D eigenvalue weighted by Crippen LogP contribution is -2.41. The molecule has 0 heterocycles. The molecule has 3 rings (SSSR count). The number of nitrogens with zero attached hydrogens (tertiary/aromatic N) is 1. The zero-order valence-corrected chi connectivity index (χ0v) is 21.9. The molecule has 0 aliphatic carbocycles. The van der Waals surface area contributed by atoms with Gasteiger partial charge < -0.3 is 5.32 Å². The fourth-order valence-corrected chi connectivity index (χ4v) is 5.43. The van der Waals surface area contributed by atoms with Crippen LogP contribution in [0.2, 0.25) is 10.0 Å². The molecule has 0 bridgehead atoms. The molecule has 34 heavy (non-hydrogen) atoms. The van der Waals surface area contributed by atoms with Crippen LogP contribution in [0.1, 0.15) is 44.9 Å². The molecule has 1 N–H and O–H groups in total. The van der Waals surface area contributed by atoms with Crippen molar-refractivity contribution in [2.75, 3.05) is 10.8 Å². The van der Waals surface area contributed by atoms with Gasteiger partial charge in [0.1, 0.15) is 6.54 Å². The average molecular weight is 519 g/mol. The van der Waals surface area contributed by atoms with E-state index in [1.165, 1.54) is 35.9 Å². The lowest BCUT2D eigenvalue weighted by molar-refractivity contribution is -0.120. The minimum absolute atomic E-state index is 0.0234. The third-order valence-electron chi connectivity index (χ3n) is 5.41. The van der Waals surface area contributed by atoms with Gasteiger partial charge in [-0.05, 0) is 53.8 Å². The summed E-state index contributed by atoms with van der Waals surface area (Å²) in [7, 11) is -4.05. The molecule has 0 aromatic heterocycles. The van der Waals surface area contributed by atoms with Gasteiger partial charge in [0, 0.05) is 10.0 Å². The van der Waals surface area contributed by atoms with Gasteiger partial charge >= 0.3 is 0 Å². The number of halogens is 2. The van der Waals surface area contributed by atoms with E-state index in [0.29, 0.717) is 0 Å². The van der Waals surface area contributed by atoms with E-state index in [2.05, 4.69) is 26.1 Å². The number of sulfonamides is 1. The highest BCUT2D eigenvalue weighted by molar-refractivity contribution is 7.92. The highest BCUT2D eigenvalue weighted by Gasteiger charge is 2.28. The van der Waals surface area contributed by atoms with Crippen molar-refractivity contribution in [3.8, 4) is 0 Å². The summed E-state index contributed by atoms with van der Waals surface area (Å²) >= 11 is 12.3. The standard InChI is InChI=1S/C26H28Cl2N2O3S/c1-18(19-10-12-20(13-11-19)26(2,3)4)29-25(31)17-30(23-15-21(27)14-22(28)16-23)34(32,33)24-8-6-5-7-9-24/h5-16,18H,17H2,1-4H3,(H,29,31)/t18-/m1/s1. The van der Waals surface area contributed by atoms with Crippen LogP contribution in [0.4, 0.5) is 5.69 Å². The number of carbonyl (C=O) groups is 1. The van der Waals surface area contributed by atoms with E-state index in [1.54, 1.807) is 18.2 Å². The van der Waals surface area contributed by atoms with Gasteiger partial charge in [-0.15, -0.1) is 0 Å². The SMILES string of the molecule is C[C@@H](NC(=O)CN(c1cc(Cl)cc(Cl)c1)S(=O)(=O)c1ccccc1)c1ccc(C(C)(C)C)cc1. The number of hydrogen-bond acceptors (Lipinski definition) is 3. The zero-order chi connectivity index (χ0) is 25.1. The normalized spacial score (nSPS) is 12.8. The minimum Gasteiger partial charge on any atom is -0.348 e. The van der Waals surface area contributed by atoms with Crippen molar-refractivity contribution in [3.63, 3.8) is 0 Å². The number of anilines is 1. The first-order valence-electron chi connectivity index (χ1n) is 10.8. The van der Waals surface area contributed by atoms with Crippen LogP contribution < -0.4 is 9.62 Å². The highest BCUT2D eigenvalue weighted by atomic mass is 35.5. The first kappa shape index (κ1) is 26.1. The van der Waals surface area contributed by atoms with E-state index in [1.807, 2.05) is 31.2 Å². The summed E-state index contributed by atoms with van der Waals surface area (Å²) in [5.74, 6) is -0.456. The van der Waals surface area contributed by atoms with Crippen LogP contribution >= 0.6 is 23.2 Å². The Labute approximate surface area is 211 Å². The van der Waals surface area contributed by atoms with Crippen molar-refractivity contribution in [3.05, 3.63) is 94.0 Å². The maximum Gasteiger partial charge on any atom is 0.264 e. The minimum atomic E-state index is -4.05. The number of nitrogens with one attached hydrogen (secondary N) is 1. The van der Waals surface area contributed by atoms with Crippen molar-refractivity contribution in [2.45, 2.75) is 44.0 Å². The molecule has 0 saturated heterocycles. The van der Waals surface area contributed by atoms with Crippen molar-refractivity contribution >= 4 is 44.8 Å². The lowest BCUT2D eigenvalue weighted by atomic mass is 9.86. The van der Waals surface area contributed by atoms with Gasteiger partial charge in [0.2, 0.25) is 5.91 Å². The molecule has 5 nitrogen and oxygen atoms in total. The molecular formula is C26H28Cl2N2O3S. The molecule has 3 aromatic rings. The van der Waals surface area contributed by atoms with Crippen molar-refractivity contribution in [1.29, 1.82) is 0 Å². The molecule has 8 heteroatoms. The predicted octanol–water partition coefficient (Wildman–Crippen LogP) is 6.36. The summed E-state index contributed by atoms with van der Waals surface area (Å²) in [4.78, 5) is 13.1. The van der Waals surface area contributed by atoms with E-state index in [9.17, 15) is 13.2 Å². The topological polar surface area (TPSA) is 66.5 Å². The third-order valence-corrected chi connectivity index (χ3v) is 7.63. The second kappa shape index (κ2) is 10.4. The molecule has 0 radical (unpaired) electrons. The van der Waals surface area contributed by atoms with Crippen LogP contribution in [-0.4, -0.2) is 20.9 Å². The molecule has 0 aliphatic heterocycles. The van der Waals surface area contributed by atoms with Gasteiger partial charge in [-0.2, -0.15) is 0 Å². The van der Waals surface area contributed by atoms with Crippen molar-refractivity contribution < 1.29 is 13.2 Å². The maximum absolute atomic E-state index is 13.4. The molecular weight excluding hydrogens is 491 g/mol. The summed E-state index contributed by atoms with van der Waals surface area (Å²) in [6, 6.07) is 20.1. The Morgan fingerprint density at radius 2 is 1.50 bits per heavy atom. The number of rotatable bonds is 7. The summed E-state index contributed by atoms with van der Waals surface area (Å²) in [5, 5.41) is 3.43. The summed E-state index contributed by atoms with van der Waals surface area (Å²) in [6.07, 6.45) is 0. The Morgan fingerprint density at radius 1 is 0.941 bits per heavy atom. The molecule has 0 aliphatic rings. The second-order valence-electron chi connectivity index (χ2n) is 9.11. The monoisotopic (exact) mass is 518 g/mol. The Kier molecular flexibility index (Phi) is 7.96. The number of hydrogen-bond donors (Lipinski definition) is 1. The summed E-state index contributed by atoms with van der Waals surface area (Å²) < 4.78 is 27.9. The van der Waals surface area contributed by atoms with Gasteiger partial charge in [-0.3, -0.25) is 9.10 Å². The first-order chi connectivity index (χ1) is 15.9. The van der Waals surface area contributed by atoms with E-state index in [4.69, 9.17) is 23.2 Å². The molecule has 3 aromatic carbocycles. The molecule has 0 fully saturated rings. The fraction of sp³-hybridized carbons (Fsp3) is 0.269.